The molecule has 4 N–H and O–H groups in total. The molecular formula is C11H18N4O2. The third-order valence-corrected chi connectivity index (χ3v) is 2.94. The summed E-state index contributed by atoms with van der Waals surface area (Å²) in [5.41, 5.74) is 5.95. The molecule has 2 rings (SSSR count). The fourth-order valence-corrected chi connectivity index (χ4v) is 1.95. The number of carbonyl (C=O) groups is 1. The highest BCUT2D eigenvalue weighted by Gasteiger charge is 2.15. The third-order valence-electron chi connectivity index (χ3n) is 2.94. The first-order valence-electron chi connectivity index (χ1n) is 5.96. The molecular weight excluding hydrogens is 220 g/mol. The summed E-state index contributed by atoms with van der Waals surface area (Å²) in [6.45, 7) is 1.45. The van der Waals surface area contributed by atoms with Gasteiger partial charge in [0.05, 0.1) is 12.3 Å². The molecule has 1 aromatic rings. The topological polar surface area (TPSA) is 93.0 Å². The van der Waals surface area contributed by atoms with Gasteiger partial charge in [-0.1, -0.05) is 0 Å². The van der Waals surface area contributed by atoms with Crippen molar-refractivity contribution >= 4 is 11.7 Å². The fraction of sp³-hybridized carbons (Fsp3) is 0.636. The van der Waals surface area contributed by atoms with Crippen molar-refractivity contribution in [3.8, 4) is 0 Å². The highest BCUT2D eigenvalue weighted by molar-refractivity contribution is 5.97. The lowest BCUT2D eigenvalue weighted by Crippen LogP contribution is -2.29. The number of nitrogens with zero attached hydrogens (tertiary/aromatic N) is 1. The highest BCUT2D eigenvalue weighted by Crippen LogP contribution is 2.15. The van der Waals surface area contributed by atoms with Gasteiger partial charge in [0.1, 0.15) is 11.4 Å². The number of rotatable bonds is 4. The monoisotopic (exact) mass is 238 g/mol. The van der Waals surface area contributed by atoms with Crippen LogP contribution < -0.4 is 11.1 Å². The molecule has 6 nitrogen and oxygen atoms in total. The van der Waals surface area contributed by atoms with E-state index in [9.17, 15) is 4.79 Å². The lowest BCUT2D eigenvalue weighted by Gasteiger charge is -2.22. The van der Waals surface area contributed by atoms with Crippen LogP contribution >= 0.6 is 0 Å². The van der Waals surface area contributed by atoms with Crippen molar-refractivity contribution in [2.45, 2.75) is 31.8 Å². The number of ether oxygens (including phenoxy) is 1. The maximum atomic E-state index is 11.7. The van der Waals surface area contributed by atoms with E-state index in [1.54, 1.807) is 0 Å². The molecule has 0 spiro atoms. The standard InChI is InChI=1S/C11H18N4O2/c12-10-9(7-14-15-10)11(16)13-5-4-8-3-1-2-6-17-8/h7-8H,1-6H2,(H,13,16)(H3,12,14,15). The average Bonchev–Trinajstić information content (AvgIpc) is 2.77. The normalized spacial score (nSPS) is 20.1. The Labute approximate surface area is 99.9 Å². The van der Waals surface area contributed by atoms with E-state index in [-0.39, 0.29) is 12.0 Å². The van der Waals surface area contributed by atoms with Crippen molar-refractivity contribution in [1.29, 1.82) is 0 Å². The molecule has 1 aliphatic heterocycles. The number of nitrogens with two attached hydrogens (primary N) is 1. The fourth-order valence-electron chi connectivity index (χ4n) is 1.95. The molecule has 2 heterocycles. The summed E-state index contributed by atoms with van der Waals surface area (Å²) in [5, 5.41) is 9.05. The van der Waals surface area contributed by atoms with E-state index >= 15 is 0 Å². The molecule has 0 bridgehead atoms. The van der Waals surface area contributed by atoms with Gasteiger partial charge in [-0.15, -0.1) is 0 Å². The lowest BCUT2D eigenvalue weighted by molar-refractivity contribution is 0.0117. The lowest BCUT2D eigenvalue weighted by atomic mass is 10.1. The Hall–Kier alpha value is -1.56. The second-order valence-corrected chi connectivity index (χ2v) is 4.23. The van der Waals surface area contributed by atoms with Crippen LogP contribution in [0.15, 0.2) is 6.20 Å². The van der Waals surface area contributed by atoms with Crippen molar-refractivity contribution in [3.63, 3.8) is 0 Å². The third kappa shape index (κ3) is 3.20. The first-order chi connectivity index (χ1) is 8.27. The number of aromatic nitrogens is 2. The van der Waals surface area contributed by atoms with Crippen LogP contribution in [0.1, 0.15) is 36.0 Å². The molecule has 1 aromatic heterocycles. The Morgan fingerprint density at radius 3 is 3.18 bits per heavy atom. The largest absolute Gasteiger partial charge is 0.383 e. The number of amides is 1. The zero-order chi connectivity index (χ0) is 12.1. The number of nitrogen functional groups attached to an aromatic ring is 1. The summed E-state index contributed by atoms with van der Waals surface area (Å²) in [7, 11) is 0. The molecule has 0 saturated carbocycles. The number of nitrogens with one attached hydrogen (secondary N) is 2. The van der Waals surface area contributed by atoms with E-state index in [1.165, 1.54) is 12.6 Å². The molecule has 17 heavy (non-hydrogen) atoms. The summed E-state index contributed by atoms with van der Waals surface area (Å²) >= 11 is 0. The van der Waals surface area contributed by atoms with Crippen LogP contribution in [0, 0.1) is 0 Å². The number of anilines is 1. The molecule has 1 fully saturated rings. The SMILES string of the molecule is Nc1[nH]ncc1C(=O)NCCC1CCCCO1. The van der Waals surface area contributed by atoms with E-state index < -0.39 is 0 Å². The van der Waals surface area contributed by atoms with Crippen molar-refractivity contribution in [2.75, 3.05) is 18.9 Å². The summed E-state index contributed by atoms with van der Waals surface area (Å²) in [4.78, 5) is 11.7. The Balaban J connectivity index is 1.71. The van der Waals surface area contributed by atoms with Gasteiger partial charge in [0.25, 0.3) is 5.91 Å². The van der Waals surface area contributed by atoms with Crippen molar-refractivity contribution in [3.05, 3.63) is 11.8 Å². The van der Waals surface area contributed by atoms with Crippen LogP contribution in [-0.2, 0) is 4.74 Å². The maximum absolute atomic E-state index is 11.7. The number of aromatic amines is 1. The first-order valence-corrected chi connectivity index (χ1v) is 5.96. The summed E-state index contributed by atoms with van der Waals surface area (Å²) in [6.07, 6.45) is 6.02. The van der Waals surface area contributed by atoms with Gasteiger partial charge in [0.2, 0.25) is 0 Å². The Morgan fingerprint density at radius 1 is 1.65 bits per heavy atom. The Morgan fingerprint density at radius 2 is 2.53 bits per heavy atom. The van der Waals surface area contributed by atoms with Gasteiger partial charge in [-0.25, -0.2) is 0 Å². The van der Waals surface area contributed by atoms with E-state index in [4.69, 9.17) is 10.5 Å². The molecule has 0 aromatic carbocycles. The smallest absolute Gasteiger partial charge is 0.256 e. The second-order valence-electron chi connectivity index (χ2n) is 4.23. The van der Waals surface area contributed by atoms with Crippen molar-refractivity contribution in [2.24, 2.45) is 0 Å². The summed E-state index contributed by atoms with van der Waals surface area (Å²) in [6, 6.07) is 0. The zero-order valence-electron chi connectivity index (χ0n) is 9.74. The van der Waals surface area contributed by atoms with Crippen molar-refractivity contribution in [1.82, 2.24) is 15.5 Å². The molecule has 6 heteroatoms. The molecule has 0 aliphatic carbocycles. The zero-order valence-corrected chi connectivity index (χ0v) is 9.74. The molecule has 1 saturated heterocycles. The summed E-state index contributed by atoms with van der Waals surface area (Å²) in [5.74, 6) is 0.114. The van der Waals surface area contributed by atoms with Gasteiger partial charge in [-0.05, 0) is 25.7 Å². The van der Waals surface area contributed by atoms with Gasteiger partial charge >= 0.3 is 0 Å². The molecule has 1 amide bonds. The quantitative estimate of drug-likeness (QED) is 0.719. The Bertz CT molecular complexity index is 371. The minimum Gasteiger partial charge on any atom is -0.383 e. The average molecular weight is 238 g/mol. The molecule has 1 atom stereocenters. The molecule has 1 unspecified atom stereocenters. The van der Waals surface area contributed by atoms with Crippen LogP contribution in [0.5, 0.6) is 0 Å². The number of H-pyrrole nitrogens is 1. The van der Waals surface area contributed by atoms with Gasteiger partial charge in [0, 0.05) is 13.2 Å². The Kier molecular flexibility index (Phi) is 3.98. The minimum absolute atomic E-state index is 0.188. The van der Waals surface area contributed by atoms with Crippen LogP contribution in [0.2, 0.25) is 0 Å². The predicted octanol–water partition coefficient (Wildman–Crippen LogP) is 0.681. The van der Waals surface area contributed by atoms with Crippen LogP contribution in [0.25, 0.3) is 0 Å². The van der Waals surface area contributed by atoms with E-state index in [1.807, 2.05) is 0 Å². The molecule has 0 radical (unpaired) electrons. The summed E-state index contributed by atoms with van der Waals surface area (Å²) < 4.78 is 5.58. The van der Waals surface area contributed by atoms with Gasteiger partial charge in [-0.3, -0.25) is 9.89 Å². The molecule has 1 aliphatic rings. The van der Waals surface area contributed by atoms with E-state index in [2.05, 4.69) is 15.5 Å². The second kappa shape index (κ2) is 5.67. The van der Waals surface area contributed by atoms with Crippen LogP contribution in [-0.4, -0.2) is 35.4 Å². The van der Waals surface area contributed by atoms with Gasteiger partial charge < -0.3 is 15.8 Å². The van der Waals surface area contributed by atoms with Gasteiger partial charge in [-0.2, -0.15) is 5.10 Å². The number of carbonyl (C=O) groups excluding carboxylic acids is 1. The molecule has 94 valence electrons. The maximum Gasteiger partial charge on any atom is 0.256 e. The van der Waals surface area contributed by atoms with Crippen LogP contribution in [0.4, 0.5) is 5.82 Å². The first kappa shape index (κ1) is 11.9. The van der Waals surface area contributed by atoms with Crippen molar-refractivity contribution < 1.29 is 9.53 Å². The van der Waals surface area contributed by atoms with E-state index in [0.717, 1.165) is 25.9 Å². The van der Waals surface area contributed by atoms with Crippen LogP contribution in [0.3, 0.4) is 0 Å². The predicted molar refractivity (Wildman–Crippen MR) is 63.5 cm³/mol. The highest BCUT2D eigenvalue weighted by atomic mass is 16.5. The van der Waals surface area contributed by atoms with Gasteiger partial charge in [0.15, 0.2) is 0 Å². The number of hydrogen-bond donors (Lipinski definition) is 3. The minimum atomic E-state index is -0.188. The van der Waals surface area contributed by atoms with E-state index in [0.29, 0.717) is 17.9 Å². The number of hydrogen-bond acceptors (Lipinski definition) is 4.